The van der Waals surface area contributed by atoms with Crippen LogP contribution in [0.4, 0.5) is 0 Å². The number of hydrogen-bond acceptors (Lipinski definition) is 4. The zero-order valence-corrected chi connectivity index (χ0v) is 11.7. The number of aliphatic hydroxyl groups is 1. The normalized spacial score (nSPS) is 22.7. The van der Waals surface area contributed by atoms with Gasteiger partial charge in [0.2, 0.25) is 0 Å². The molecule has 0 radical (unpaired) electrons. The molecule has 1 saturated heterocycles. The molecule has 1 aliphatic rings. The van der Waals surface area contributed by atoms with Crippen LogP contribution in [-0.4, -0.2) is 48.3 Å². The Balaban J connectivity index is 2.10. The number of unbranched alkanes of at least 4 members (excludes halogenated alkanes) is 1. The maximum atomic E-state index is 11.2. The molecule has 4 heteroatoms. The molecule has 0 spiro atoms. The monoisotopic (exact) mass is 257 g/mol. The van der Waals surface area contributed by atoms with Crippen molar-refractivity contribution in [2.75, 3.05) is 26.2 Å². The zero-order chi connectivity index (χ0) is 13.4. The SMILES string of the molecule is CCOC(=O)CCCCN1CCCC(C(C)O)C1. The quantitative estimate of drug-likeness (QED) is 0.558. The first-order valence-electron chi connectivity index (χ1n) is 7.19. The number of hydrogen-bond donors (Lipinski definition) is 1. The van der Waals surface area contributed by atoms with Gasteiger partial charge in [0.25, 0.3) is 0 Å². The number of carbonyl (C=O) groups excluding carboxylic acids is 1. The minimum Gasteiger partial charge on any atom is -0.466 e. The first kappa shape index (κ1) is 15.4. The number of rotatable bonds is 7. The van der Waals surface area contributed by atoms with E-state index in [1.807, 2.05) is 13.8 Å². The van der Waals surface area contributed by atoms with Gasteiger partial charge in [0.1, 0.15) is 0 Å². The molecule has 0 bridgehead atoms. The van der Waals surface area contributed by atoms with Crippen LogP contribution >= 0.6 is 0 Å². The summed E-state index contributed by atoms with van der Waals surface area (Å²) in [4.78, 5) is 13.6. The summed E-state index contributed by atoms with van der Waals surface area (Å²) in [6, 6.07) is 0. The fourth-order valence-electron chi connectivity index (χ4n) is 2.53. The van der Waals surface area contributed by atoms with Crippen LogP contribution in [0.3, 0.4) is 0 Å². The highest BCUT2D eigenvalue weighted by Gasteiger charge is 2.22. The van der Waals surface area contributed by atoms with E-state index in [4.69, 9.17) is 4.74 Å². The Bertz CT molecular complexity index is 243. The second-order valence-electron chi connectivity index (χ2n) is 5.21. The van der Waals surface area contributed by atoms with Crippen molar-refractivity contribution in [1.29, 1.82) is 0 Å². The summed E-state index contributed by atoms with van der Waals surface area (Å²) in [7, 11) is 0. The molecule has 1 aliphatic heterocycles. The van der Waals surface area contributed by atoms with Gasteiger partial charge < -0.3 is 14.7 Å². The van der Waals surface area contributed by atoms with Crippen LogP contribution in [0.15, 0.2) is 0 Å². The van der Waals surface area contributed by atoms with Crippen molar-refractivity contribution >= 4 is 5.97 Å². The lowest BCUT2D eigenvalue weighted by molar-refractivity contribution is -0.143. The van der Waals surface area contributed by atoms with Crippen LogP contribution in [0.1, 0.15) is 46.0 Å². The van der Waals surface area contributed by atoms with Crippen LogP contribution in [-0.2, 0) is 9.53 Å². The average Bonchev–Trinajstić information content (AvgIpc) is 2.35. The Labute approximate surface area is 110 Å². The van der Waals surface area contributed by atoms with Gasteiger partial charge >= 0.3 is 5.97 Å². The van der Waals surface area contributed by atoms with Gasteiger partial charge in [-0.05, 0) is 58.5 Å². The third-order valence-corrected chi connectivity index (χ3v) is 3.63. The predicted octanol–water partition coefficient (Wildman–Crippen LogP) is 1.81. The van der Waals surface area contributed by atoms with Crippen molar-refractivity contribution in [3.8, 4) is 0 Å². The van der Waals surface area contributed by atoms with Crippen LogP contribution in [0.25, 0.3) is 0 Å². The number of aliphatic hydroxyl groups excluding tert-OH is 1. The lowest BCUT2D eigenvalue weighted by Crippen LogP contribution is -2.39. The minimum absolute atomic E-state index is 0.0852. The molecule has 1 heterocycles. The van der Waals surface area contributed by atoms with Gasteiger partial charge in [0, 0.05) is 13.0 Å². The molecule has 0 aromatic carbocycles. The maximum Gasteiger partial charge on any atom is 0.305 e. The third-order valence-electron chi connectivity index (χ3n) is 3.63. The molecule has 0 aromatic heterocycles. The molecule has 18 heavy (non-hydrogen) atoms. The molecule has 0 saturated carbocycles. The first-order chi connectivity index (χ1) is 8.63. The molecule has 0 amide bonds. The summed E-state index contributed by atoms with van der Waals surface area (Å²) in [6.07, 6.45) is 4.57. The Kier molecular flexibility index (Phi) is 7.28. The number of likely N-dealkylation sites (tertiary alicyclic amines) is 1. The molecule has 0 aliphatic carbocycles. The summed E-state index contributed by atoms with van der Waals surface area (Å²) in [6.45, 7) is 7.35. The number of nitrogens with zero attached hydrogens (tertiary/aromatic N) is 1. The second kappa shape index (κ2) is 8.48. The lowest BCUT2D eigenvalue weighted by atomic mass is 9.93. The summed E-state index contributed by atoms with van der Waals surface area (Å²) in [5.41, 5.74) is 0. The van der Waals surface area contributed by atoms with Crippen LogP contribution in [0.5, 0.6) is 0 Å². The molecule has 1 fully saturated rings. The lowest BCUT2D eigenvalue weighted by Gasteiger charge is -2.34. The summed E-state index contributed by atoms with van der Waals surface area (Å²) in [5.74, 6) is 0.335. The molecule has 2 unspecified atom stereocenters. The first-order valence-corrected chi connectivity index (χ1v) is 7.19. The van der Waals surface area contributed by atoms with E-state index in [1.54, 1.807) is 0 Å². The van der Waals surface area contributed by atoms with E-state index in [0.717, 1.165) is 38.9 Å². The summed E-state index contributed by atoms with van der Waals surface area (Å²) < 4.78 is 4.90. The van der Waals surface area contributed by atoms with Gasteiger partial charge in [-0.1, -0.05) is 0 Å². The predicted molar refractivity (Wildman–Crippen MR) is 71.3 cm³/mol. The third kappa shape index (κ3) is 5.83. The van der Waals surface area contributed by atoms with Gasteiger partial charge in [-0.15, -0.1) is 0 Å². The molecular weight excluding hydrogens is 230 g/mol. The van der Waals surface area contributed by atoms with Crippen LogP contribution in [0, 0.1) is 5.92 Å². The zero-order valence-electron chi connectivity index (χ0n) is 11.7. The van der Waals surface area contributed by atoms with E-state index >= 15 is 0 Å². The van der Waals surface area contributed by atoms with E-state index in [9.17, 15) is 9.90 Å². The molecule has 4 nitrogen and oxygen atoms in total. The molecular formula is C14H27NO3. The molecule has 2 atom stereocenters. The van der Waals surface area contributed by atoms with Crippen molar-refractivity contribution in [2.24, 2.45) is 5.92 Å². The molecule has 0 aromatic rings. The van der Waals surface area contributed by atoms with Crippen LogP contribution < -0.4 is 0 Å². The van der Waals surface area contributed by atoms with Gasteiger partial charge in [0.05, 0.1) is 12.7 Å². The maximum absolute atomic E-state index is 11.2. The summed E-state index contributed by atoms with van der Waals surface area (Å²) in [5, 5.41) is 9.61. The van der Waals surface area contributed by atoms with Gasteiger partial charge in [-0.2, -0.15) is 0 Å². The molecule has 1 N–H and O–H groups in total. The van der Waals surface area contributed by atoms with E-state index in [1.165, 1.54) is 6.42 Å². The standard InChI is InChI=1S/C14H27NO3/c1-3-18-14(17)8-4-5-9-15-10-6-7-13(11-15)12(2)16/h12-13,16H,3-11H2,1-2H3. The number of carbonyl (C=O) groups is 1. The largest absolute Gasteiger partial charge is 0.466 e. The van der Waals surface area contributed by atoms with E-state index in [-0.39, 0.29) is 12.1 Å². The smallest absolute Gasteiger partial charge is 0.305 e. The van der Waals surface area contributed by atoms with E-state index < -0.39 is 0 Å². The number of piperidine rings is 1. The topological polar surface area (TPSA) is 49.8 Å². The minimum atomic E-state index is -0.202. The van der Waals surface area contributed by atoms with E-state index in [0.29, 0.717) is 18.9 Å². The van der Waals surface area contributed by atoms with Gasteiger partial charge in [-0.25, -0.2) is 0 Å². The van der Waals surface area contributed by atoms with Crippen molar-refractivity contribution in [1.82, 2.24) is 4.90 Å². The Morgan fingerprint density at radius 3 is 2.94 bits per heavy atom. The Morgan fingerprint density at radius 2 is 2.28 bits per heavy atom. The second-order valence-corrected chi connectivity index (χ2v) is 5.21. The fourth-order valence-corrected chi connectivity index (χ4v) is 2.53. The van der Waals surface area contributed by atoms with Gasteiger partial charge in [-0.3, -0.25) is 4.79 Å². The highest BCUT2D eigenvalue weighted by Crippen LogP contribution is 2.19. The van der Waals surface area contributed by atoms with Crippen LogP contribution in [0.2, 0.25) is 0 Å². The highest BCUT2D eigenvalue weighted by atomic mass is 16.5. The van der Waals surface area contributed by atoms with Crippen molar-refractivity contribution in [2.45, 2.75) is 52.1 Å². The van der Waals surface area contributed by atoms with Gasteiger partial charge in [0.15, 0.2) is 0 Å². The Hall–Kier alpha value is -0.610. The molecule has 1 rings (SSSR count). The summed E-state index contributed by atoms with van der Waals surface area (Å²) >= 11 is 0. The van der Waals surface area contributed by atoms with Crippen molar-refractivity contribution in [3.05, 3.63) is 0 Å². The highest BCUT2D eigenvalue weighted by molar-refractivity contribution is 5.69. The fraction of sp³-hybridized carbons (Fsp3) is 0.929. The Morgan fingerprint density at radius 1 is 1.50 bits per heavy atom. The number of esters is 1. The molecule has 106 valence electrons. The van der Waals surface area contributed by atoms with Crippen molar-refractivity contribution < 1.29 is 14.6 Å². The van der Waals surface area contributed by atoms with Crippen molar-refractivity contribution in [3.63, 3.8) is 0 Å². The van der Waals surface area contributed by atoms with E-state index in [2.05, 4.69) is 4.90 Å². The average molecular weight is 257 g/mol. The number of ether oxygens (including phenoxy) is 1.